The molecule has 0 radical (unpaired) electrons. The molecule has 0 unspecified atom stereocenters. The molecule has 110 valence electrons. The number of hydrogen-bond acceptors (Lipinski definition) is 5. The van der Waals surface area contributed by atoms with E-state index in [0.29, 0.717) is 17.9 Å². The van der Waals surface area contributed by atoms with Gasteiger partial charge >= 0.3 is 0 Å². The van der Waals surface area contributed by atoms with E-state index in [9.17, 15) is 8.42 Å². The zero-order valence-corrected chi connectivity index (χ0v) is 12.2. The summed E-state index contributed by atoms with van der Waals surface area (Å²) in [5, 5.41) is 9.49. The highest BCUT2D eigenvalue weighted by molar-refractivity contribution is 7.89. The topological polar surface area (TPSA) is 105 Å². The molecule has 0 spiro atoms. The number of aryl methyl sites for hydroxylation is 1. The van der Waals surface area contributed by atoms with Crippen LogP contribution < -0.4 is 10.0 Å². The second kappa shape index (κ2) is 6.16. The minimum absolute atomic E-state index is 0.0904. The fourth-order valence-corrected chi connectivity index (χ4v) is 2.82. The monoisotopic (exact) mass is 298 g/mol. The van der Waals surface area contributed by atoms with E-state index in [1.807, 2.05) is 14.0 Å². The van der Waals surface area contributed by atoms with Crippen molar-refractivity contribution in [1.82, 2.24) is 29.8 Å². The summed E-state index contributed by atoms with van der Waals surface area (Å²) in [5.41, 5.74) is 0.610. The van der Waals surface area contributed by atoms with Crippen LogP contribution in [-0.4, -0.2) is 34.7 Å². The molecule has 0 amide bonds. The molecule has 3 N–H and O–H groups in total. The Labute approximate surface area is 117 Å². The third kappa shape index (κ3) is 3.24. The lowest BCUT2D eigenvalue weighted by molar-refractivity contribution is 0.570. The van der Waals surface area contributed by atoms with Crippen molar-refractivity contribution in [3.05, 3.63) is 30.0 Å². The Morgan fingerprint density at radius 3 is 2.85 bits per heavy atom. The first-order valence-electron chi connectivity index (χ1n) is 6.23. The van der Waals surface area contributed by atoms with Crippen molar-refractivity contribution in [2.45, 2.75) is 25.0 Å². The molecular formula is C11H18N6O2S. The Morgan fingerprint density at radius 2 is 2.20 bits per heavy atom. The Hall–Kier alpha value is -1.71. The lowest BCUT2D eigenvalue weighted by Gasteiger charge is -2.07. The predicted molar refractivity (Wildman–Crippen MR) is 73.2 cm³/mol. The molecule has 9 heteroatoms. The normalized spacial score (nSPS) is 11.9. The van der Waals surface area contributed by atoms with Gasteiger partial charge in [0.1, 0.15) is 5.82 Å². The van der Waals surface area contributed by atoms with Crippen molar-refractivity contribution in [3.8, 4) is 0 Å². The molecule has 0 atom stereocenters. The minimum Gasteiger partial charge on any atom is -0.337 e. The maximum Gasteiger partial charge on any atom is 0.258 e. The summed E-state index contributed by atoms with van der Waals surface area (Å²) in [6.07, 6.45) is 4.89. The van der Waals surface area contributed by atoms with Crippen LogP contribution in [0.4, 0.5) is 0 Å². The van der Waals surface area contributed by atoms with Crippen molar-refractivity contribution < 1.29 is 8.42 Å². The number of hydrogen-bond donors (Lipinski definition) is 3. The Morgan fingerprint density at radius 1 is 1.40 bits per heavy atom. The third-order valence-electron chi connectivity index (χ3n) is 2.85. The maximum absolute atomic E-state index is 12.2. The fraction of sp³-hybridized carbons (Fsp3) is 0.455. The highest BCUT2D eigenvalue weighted by atomic mass is 32.2. The smallest absolute Gasteiger partial charge is 0.258 e. The number of nitrogens with one attached hydrogen (secondary N) is 3. The van der Waals surface area contributed by atoms with E-state index < -0.39 is 10.0 Å². The zero-order valence-electron chi connectivity index (χ0n) is 11.4. The Balaban J connectivity index is 2.10. The van der Waals surface area contributed by atoms with Gasteiger partial charge < -0.3 is 9.88 Å². The summed E-state index contributed by atoms with van der Waals surface area (Å²) in [7, 11) is -1.82. The highest BCUT2D eigenvalue weighted by Crippen LogP contribution is 2.11. The SMILES string of the molecule is CCNCc1cn[nH]c1S(=O)(=O)NCc1nccn1C. The minimum atomic E-state index is -3.63. The van der Waals surface area contributed by atoms with E-state index in [0.717, 1.165) is 6.54 Å². The van der Waals surface area contributed by atoms with Crippen molar-refractivity contribution in [2.75, 3.05) is 6.54 Å². The zero-order chi connectivity index (χ0) is 14.6. The number of sulfonamides is 1. The van der Waals surface area contributed by atoms with Gasteiger partial charge in [0.2, 0.25) is 0 Å². The Kier molecular flexibility index (Phi) is 4.53. The van der Waals surface area contributed by atoms with Crippen LogP contribution >= 0.6 is 0 Å². The molecule has 2 aromatic heterocycles. The highest BCUT2D eigenvalue weighted by Gasteiger charge is 2.20. The average Bonchev–Trinajstić information content (AvgIpc) is 3.03. The molecule has 0 aliphatic rings. The Bertz CT molecular complexity index is 660. The first kappa shape index (κ1) is 14.7. The van der Waals surface area contributed by atoms with Gasteiger partial charge in [0.05, 0.1) is 12.7 Å². The van der Waals surface area contributed by atoms with Gasteiger partial charge in [0.15, 0.2) is 5.03 Å². The maximum atomic E-state index is 12.2. The molecule has 0 saturated heterocycles. The van der Waals surface area contributed by atoms with Crippen LogP contribution in [0.25, 0.3) is 0 Å². The summed E-state index contributed by atoms with van der Waals surface area (Å²) < 4.78 is 28.7. The first-order chi connectivity index (χ1) is 9.54. The molecule has 0 aliphatic heterocycles. The lowest BCUT2D eigenvalue weighted by atomic mass is 10.3. The first-order valence-corrected chi connectivity index (χ1v) is 7.71. The van der Waals surface area contributed by atoms with Crippen molar-refractivity contribution in [1.29, 1.82) is 0 Å². The molecule has 2 rings (SSSR count). The van der Waals surface area contributed by atoms with E-state index >= 15 is 0 Å². The van der Waals surface area contributed by atoms with Gasteiger partial charge in [-0.1, -0.05) is 6.92 Å². The number of nitrogens with zero attached hydrogens (tertiary/aromatic N) is 3. The molecule has 20 heavy (non-hydrogen) atoms. The van der Waals surface area contributed by atoms with Crippen LogP contribution in [0.2, 0.25) is 0 Å². The average molecular weight is 298 g/mol. The van der Waals surface area contributed by atoms with E-state index in [4.69, 9.17) is 0 Å². The van der Waals surface area contributed by atoms with Crippen molar-refractivity contribution >= 4 is 10.0 Å². The molecule has 0 fully saturated rings. The van der Waals surface area contributed by atoms with Crippen LogP contribution in [0.3, 0.4) is 0 Å². The molecule has 8 nitrogen and oxygen atoms in total. The molecule has 2 aromatic rings. The van der Waals surface area contributed by atoms with Crippen LogP contribution in [-0.2, 0) is 30.2 Å². The van der Waals surface area contributed by atoms with Crippen molar-refractivity contribution in [2.24, 2.45) is 7.05 Å². The van der Waals surface area contributed by atoms with Crippen LogP contribution in [0.5, 0.6) is 0 Å². The largest absolute Gasteiger partial charge is 0.337 e. The van der Waals surface area contributed by atoms with Gasteiger partial charge in [-0.3, -0.25) is 5.10 Å². The van der Waals surface area contributed by atoms with Gasteiger partial charge in [-0.25, -0.2) is 18.1 Å². The summed E-state index contributed by atoms with van der Waals surface area (Å²) in [6.45, 7) is 3.29. The number of imidazole rings is 1. The number of rotatable bonds is 7. The molecular weight excluding hydrogens is 280 g/mol. The summed E-state index contributed by atoms with van der Waals surface area (Å²) in [6, 6.07) is 0. The lowest BCUT2D eigenvalue weighted by Crippen LogP contribution is -2.26. The quantitative estimate of drug-likeness (QED) is 0.653. The summed E-state index contributed by atoms with van der Waals surface area (Å²) in [4.78, 5) is 4.07. The van der Waals surface area contributed by atoms with Crippen LogP contribution in [0.1, 0.15) is 18.3 Å². The number of H-pyrrole nitrogens is 1. The van der Waals surface area contributed by atoms with Crippen LogP contribution in [0.15, 0.2) is 23.6 Å². The van der Waals surface area contributed by atoms with E-state index in [1.54, 1.807) is 17.0 Å². The second-order valence-corrected chi connectivity index (χ2v) is 5.99. The molecule has 0 saturated carbocycles. The van der Waals surface area contributed by atoms with E-state index in [2.05, 4.69) is 25.2 Å². The molecule has 2 heterocycles. The van der Waals surface area contributed by atoms with Gasteiger partial charge in [0, 0.05) is 31.5 Å². The summed E-state index contributed by atoms with van der Waals surface area (Å²) >= 11 is 0. The number of aromatic nitrogens is 4. The molecule has 0 aromatic carbocycles. The molecule has 0 bridgehead atoms. The standard InChI is InChI=1S/C11H18N6O2S/c1-3-12-6-9-7-14-16-11(9)20(18,19)15-8-10-13-4-5-17(10)2/h4-5,7,12,15H,3,6,8H2,1-2H3,(H,14,16). The summed E-state index contributed by atoms with van der Waals surface area (Å²) in [5.74, 6) is 0.640. The number of aromatic amines is 1. The van der Waals surface area contributed by atoms with Crippen LogP contribution in [0, 0.1) is 0 Å². The molecule has 0 aliphatic carbocycles. The second-order valence-electron chi connectivity index (χ2n) is 4.28. The van der Waals surface area contributed by atoms with Crippen molar-refractivity contribution in [3.63, 3.8) is 0 Å². The van der Waals surface area contributed by atoms with Gasteiger partial charge in [-0.05, 0) is 6.54 Å². The van der Waals surface area contributed by atoms with Gasteiger partial charge in [-0.15, -0.1) is 0 Å². The third-order valence-corrected chi connectivity index (χ3v) is 4.27. The fourth-order valence-electron chi connectivity index (χ4n) is 1.72. The van der Waals surface area contributed by atoms with Gasteiger partial charge in [-0.2, -0.15) is 5.10 Å². The van der Waals surface area contributed by atoms with E-state index in [1.165, 1.54) is 6.20 Å². The van der Waals surface area contributed by atoms with Gasteiger partial charge in [0.25, 0.3) is 10.0 Å². The van der Waals surface area contributed by atoms with E-state index in [-0.39, 0.29) is 11.6 Å². The predicted octanol–water partition coefficient (Wildman–Crippen LogP) is -0.269.